The summed E-state index contributed by atoms with van der Waals surface area (Å²) in [5, 5.41) is 0. The molecule has 10 rings (SSSR count). The first-order valence-corrected chi connectivity index (χ1v) is 20.7. The molecule has 0 aliphatic heterocycles. The topological polar surface area (TPSA) is 38.7 Å². The van der Waals surface area contributed by atoms with E-state index in [1.54, 1.807) is 12.4 Å². The minimum atomic E-state index is 0.782. The predicted octanol–water partition coefficient (Wildman–Crippen LogP) is 15.5. The van der Waals surface area contributed by atoms with Gasteiger partial charge >= 0.3 is 0 Å². The Balaban J connectivity index is 1.07. The highest BCUT2D eigenvalue weighted by molar-refractivity contribution is 6.03. The molecule has 9 aromatic carbocycles. The lowest BCUT2D eigenvalue weighted by Crippen LogP contribution is -2.15. The Bertz CT molecular complexity index is 2700. The average molecular weight is 799 g/mol. The van der Waals surface area contributed by atoms with Gasteiger partial charge in [0.1, 0.15) is 11.0 Å². The van der Waals surface area contributed by atoms with Gasteiger partial charge in [-0.2, -0.15) is 0 Å². The molecule has 1 heterocycles. The minimum Gasteiger partial charge on any atom is -0.311 e. The Morgan fingerprint density at radius 1 is 0.194 bits per heavy atom. The van der Waals surface area contributed by atoms with E-state index >= 15 is 0 Å². The second kappa shape index (κ2) is 17.4. The second-order valence-corrected chi connectivity index (χ2v) is 14.7. The molecule has 0 amide bonds. The summed E-state index contributed by atoms with van der Waals surface area (Å²) in [6.07, 6.45) is 3.56. The van der Waals surface area contributed by atoms with Crippen LogP contribution in [0.3, 0.4) is 0 Å². The molecule has 62 heavy (non-hydrogen) atoms. The number of aromatic nitrogens is 2. The summed E-state index contributed by atoms with van der Waals surface area (Å²) in [4.78, 5) is 19.2. The molecule has 6 heteroatoms. The maximum atomic E-state index is 5.07. The zero-order chi connectivity index (χ0) is 41.5. The van der Waals surface area contributed by atoms with Crippen LogP contribution in [0.15, 0.2) is 255 Å². The van der Waals surface area contributed by atoms with Crippen LogP contribution in [0.4, 0.5) is 68.2 Å². The van der Waals surface area contributed by atoms with Crippen molar-refractivity contribution in [1.82, 2.24) is 9.97 Å². The van der Waals surface area contributed by atoms with Crippen LogP contribution in [-0.4, -0.2) is 9.97 Å². The first-order chi connectivity index (χ1) is 30.8. The maximum absolute atomic E-state index is 5.07. The fourth-order valence-electron chi connectivity index (χ4n) is 8.10. The first-order valence-electron chi connectivity index (χ1n) is 20.7. The zero-order valence-corrected chi connectivity index (χ0v) is 33.9. The molecule has 0 bridgehead atoms. The molecule has 0 saturated carbocycles. The van der Waals surface area contributed by atoms with Gasteiger partial charge in [0, 0.05) is 69.3 Å². The van der Waals surface area contributed by atoms with Crippen LogP contribution in [0.25, 0.3) is 11.0 Å². The van der Waals surface area contributed by atoms with Crippen molar-refractivity contribution < 1.29 is 0 Å². The standard InChI is InChI=1S/C56H42N6/c1-7-19-43(20-8-1)59(44-21-9-2-10-22-44)49-31-35-51(36-32-49)61(47-27-15-5-16-28-47)53-39-40-54(56-55(53)57-41-42-58-56)62(48-29-17-6-18-30-48)52-37-33-50(34-38-52)60(45-23-11-3-12-24-45)46-25-13-4-14-26-46/h1-42H. The van der Waals surface area contributed by atoms with Crippen LogP contribution in [0.1, 0.15) is 0 Å². The summed E-state index contributed by atoms with van der Waals surface area (Å²) < 4.78 is 0. The average Bonchev–Trinajstić information content (AvgIpc) is 3.35. The summed E-state index contributed by atoms with van der Waals surface area (Å²) in [5.74, 6) is 0. The van der Waals surface area contributed by atoms with Crippen molar-refractivity contribution >= 4 is 79.3 Å². The number of benzene rings is 9. The Labute approximate surface area is 362 Å². The lowest BCUT2D eigenvalue weighted by atomic mass is 10.1. The van der Waals surface area contributed by atoms with Crippen LogP contribution in [-0.2, 0) is 0 Å². The Morgan fingerprint density at radius 2 is 0.387 bits per heavy atom. The largest absolute Gasteiger partial charge is 0.311 e. The van der Waals surface area contributed by atoms with Crippen molar-refractivity contribution in [3.05, 3.63) is 255 Å². The van der Waals surface area contributed by atoms with Crippen molar-refractivity contribution in [3.8, 4) is 0 Å². The van der Waals surface area contributed by atoms with Crippen molar-refractivity contribution in [2.24, 2.45) is 0 Å². The summed E-state index contributed by atoms with van der Waals surface area (Å²) in [7, 11) is 0. The van der Waals surface area contributed by atoms with Gasteiger partial charge in [0.25, 0.3) is 0 Å². The highest BCUT2D eigenvalue weighted by Crippen LogP contribution is 2.45. The third kappa shape index (κ3) is 7.60. The molecule has 0 atom stereocenters. The van der Waals surface area contributed by atoms with Crippen LogP contribution in [0, 0.1) is 0 Å². The summed E-state index contributed by atoms with van der Waals surface area (Å²) >= 11 is 0. The van der Waals surface area contributed by atoms with Crippen molar-refractivity contribution in [3.63, 3.8) is 0 Å². The molecule has 0 radical (unpaired) electrons. The third-order valence-corrected chi connectivity index (χ3v) is 10.9. The quantitative estimate of drug-likeness (QED) is 0.123. The lowest BCUT2D eigenvalue weighted by Gasteiger charge is -2.31. The number of hydrogen-bond donors (Lipinski definition) is 0. The van der Waals surface area contributed by atoms with E-state index in [1.165, 1.54) is 0 Å². The number of hydrogen-bond acceptors (Lipinski definition) is 6. The van der Waals surface area contributed by atoms with Gasteiger partial charge in [0.2, 0.25) is 0 Å². The second-order valence-electron chi connectivity index (χ2n) is 14.7. The fourth-order valence-corrected chi connectivity index (χ4v) is 8.10. The number of anilines is 12. The van der Waals surface area contributed by atoms with Gasteiger partial charge < -0.3 is 19.6 Å². The monoisotopic (exact) mass is 798 g/mol. The smallest absolute Gasteiger partial charge is 0.115 e. The molecule has 0 aliphatic rings. The number of rotatable bonds is 12. The van der Waals surface area contributed by atoms with E-state index in [2.05, 4.69) is 226 Å². The van der Waals surface area contributed by atoms with Crippen molar-refractivity contribution in [1.29, 1.82) is 0 Å². The first kappa shape index (κ1) is 37.8. The van der Waals surface area contributed by atoms with Crippen LogP contribution < -0.4 is 19.6 Å². The number of para-hydroxylation sites is 6. The van der Waals surface area contributed by atoms with E-state index in [9.17, 15) is 0 Å². The molecule has 6 nitrogen and oxygen atoms in total. The molecular weight excluding hydrogens is 757 g/mol. The molecule has 0 saturated heterocycles. The van der Waals surface area contributed by atoms with E-state index in [0.29, 0.717) is 0 Å². The summed E-state index contributed by atoms with van der Waals surface area (Å²) in [6, 6.07) is 84.7. The highest BCUT2D eigenvalue weighted by Gasteiger charge is 2.23. The Hall–Kier alpha value is -8.48. The Kier molecular flexibility index (Phi) is 10.6. The van der Waals surface area contributed by atoms with E-state index in [4.69, 9.17) is 9.97 Å². The van der Waals surface area contributed by atoms with Crippen LogP contribution in [0.5, 0.6) is 0 Å². The minimum absolute atomic E-state index is 0.782. The Morgan fingerprint density at radius 3 is 0.629 bits per heavy atom. The van der Waals surface area contributed by atoms with E-state index in [1.807, 2.05) is 36.4 Å². The molecule has 296 valence electrons. The van der Waals surface area contributed by atoms with Gasteiger partial charge in [0.15, 0.2) is 0 Å². The van der Waals surface area contributed by atoms with E-state index in [0.717, 1.165) is 79.3 Å². The third-order valence-electron chi connectivity index (χ3n) is 10.9. The fraction of sp³-hybridized carbons (Fsp3) is 0. The molecule has 1 aromatic heterocycles. The van der Waals surface area contributed by atoms with Gasteiger partial charge in [-0.25, -0.2) is 0 Å². The molecule has 0 aliphatic carbocycles. The number of nitrogens with zero attached hydrogens (tertiary/aromatic N) is 6. The molecule has 10 aromatic rings. The van der Waals surface area contributed by atoms with Crippen LogP contribution in [0.2, 0.25) is 0 Å². The van der Waals surface area contributed by atoms with Gasteiger partial charge in [-0.15, -0.1) is 0 Å². The molecule has 0 N–H and O–H groups in total. The van der Waals surface area contributed by atoms with Gasteiger partial charge in [0.05, 0.1) is 11.4 Å². The van der Waals surface area contributed by atoms with Gasteiger partial charge in [-0.3, -0.25) is 9.97 Å². The van der Waals surface area contributed by atoms with Crippen LogP contribution >= 0.6 is 0 Å². The van der Waals surface area contributed by atoms with Gasteiger partial charge in [-0.1, -0.05) is 109 Å². The molecule has 0 unspecified atom stereocenters. The predicted molar refractivity (Wildman–Crippen MR) is 258 cm³/mol. The molecule has 0 fully saturated rings. The molecular formula is C56H42N6. The summed E-state index contributed by atoms with van der Waals surface area (Å²) in [6.45, 7) is 0. The normalized spacial score (nSPS) is 10.9. The maximum Gasteiger partial charge on any atom is 0.115 e. The zero-order valence-electron chi connectivity index (χ0n) is 33.9. The van der Waals surface area contributed by atoms with Crippen molar-refractivity contribution in [2.45, 2.75) is 0 Å². The van der Waals surface area contributed by atoms with E-state index in [-0.39, 0.29) is 0 Å². The molecule has 0 spiro atoms. The summed E-state index contributed by atoms with van der Waals surface area (Å²) in [5.41, 5.74) is 13.9. The SMILES string of the molecule is c1ccc(N(c2ccccc2)c2ccc(N(c3ccccc3)c3ccc(N(c4ccccc4)c4ccc(N(c5ccccc5)c5ccccc5)cc4)c4nccnc34)cc2)cc1. The van der Waals surface area contributed by atoms with Crippen molar-refractivity contribution in [2.75, 3.05) is 19.6 Å². The van der Waals surface area contributed by atoms with E-state index < -0.39 is 0 Å². The lowest BCUT2D eigenvalue weighted by molar-refractivity contribution is 1.22. The number of fused-ring (bicyclic) bond motifs is 1. The highest BCUT2D eigenvalue weighted by atomic mass is 15.2. The van der Waals surface area contributed by atoms with Gasteiger partial charge in [-0.05, 0) is 133 Å².